The normalized spacial score (nSPS) is 10.6. The number of allylic oxidation sites excluding steroid dienone is 1. The summed E-state index contributed by atoms with van der Waals surface area (Å²) < 4.78 is 6.31. The summed E-state index contributed by atoms with van der Waals surface area (Å²) in [6.07, 6.45) is 4.67. The lowest BCUT2D eigenvalue weighted by Gasteiger charge is -2.06. The number of nitrogens with zero attached hydrogens (tertiary/aromatic N) is 3. The van der Waals surface area contributed by atoms with Gasteiger partial charge in [-0.3, -0.25) is 9.48 Å². The second-order valence-corrected chi connectivity index (χ2v) is 3.78. The highest BCUT2D eigenvalue weighted by Crippen LogP contribution is 1.99. The van der Waals surface area contributed by atoms with Crippen LogP contribution >= 0.6 is 0 Å². The second-order valence-electron chi connectivity index (χ2n) is 3.78. The van der Waals surface area contributed by atoms with Crippen LogP contribution < -0.4 is 0 Å². The summed E-state index contributed by atoms with van der Waals surface area (Å²) in [6.45, 7) is 2.52. The maximum absolute atomic E-state index is 11.6. The van der Waals surface area contributed by atoms with Gasteiger partial charge in [0.2, 0.25) is 0 Å². The molecule has 1 rings (SSSR count). The molecule has 0 saturated carbocycles. The number of aromatic nitrogens is 2. The third-order valence-corrected chi connectivity index (χ3v) is 2.10. The first-order valence-electron chi connectivity index (χ1n) is 5.63. The van der Waals surface area contributed by atoms with Crippen LogP contribution in [0, 0.1) is 0 Å². The van der Waals surface area contributed by atoms with Crippen LogP contribution in [0.15, 0.2) is 24.4 Å². The van der Waals surface area contributed by atoms with E-state index in [1.165, 1.54) is 11.0 Å². The Kier molecular flexibility index (Phi) is 5.10. The van der Waals surface area contributed by atoms with E-state index in [4.69, 9.17) is 4.74 Å². The fourth-order valence-corrected chi connectivity index (χ4v) is 1.25. The van der Waals surface area contributed by atoms with Crippen molar-refractivity contribution in [2.45, 2.75) is 13.5 Å². The Morgan fingerprint density at radius 2 is 2.22 bits per heavy atom. The van der Waals surface area contributed by atoms with E-state index in [1.807, 2.05) is 0 Å². The molecule has 6 nitrogen and oxygen atoms in total. The van der Waals surface area contributed by atoms with Gasteiger partial charge >= 0.3 is 5.97 Å². The van der Waals surface area contributed by atoms with E-state index < -0.39 is 0 Å². The summed E-state index contributed by atoms with van der Waals surface area (Å²) in [5, 5.41) is 4.10. The number of hydrogen-bond acceptors (Lipinski definition) is 4. The number of carbonyl (C=O) groups is 2. The third kappa shape index (κ3) is 4.04. The number of ether oxygens (including phenoxy) is 1. The van der Waals surface area contributed by atoms with Gasteiger partial charge in [-0.05, 0) is 13.0 Å². The minimum absolute atomic E-state index is 0.150. The van der Waals surface area contributed by atoms with E-state index in [-0.39, 0.29) is 11.9 Å². The number of amides is 1. The molecular formula is C12H17N3O3. The topological polar surface area (TPSA) is 64.4 Å². The zero-order valence-corrected chi connectivity index (χ0v) is 10.8. The smallest absolute Gasteiger partial charge is 0.330 e. The quantitative estimate of drug-likeness (QED) is 0.571. The zero-order chi connectivity index (χ0) is 13.5. The van der Waals surface area contributed by atoms with Gasteiger partial charge in [-0.25, -0.2) is 4.79 Å². The van der Waals surface area contributed by atoms with Gasteiger partial charge in [0, 0.05) is 26.4 Å². The Morgan fingerprint density at radius 1 is 1.50 bits per heavy atom. The molecule has 0 spiro atoms. The molecule has 0 N–H and O–H groups in total. The molecule has 0 aliphatic heterocycles. The molecule has 98 valence electrons. The van der Waals surface area contributed by atoms with E-state index in [0.717, 1.165) is 0 Å². The molecular weight excluding hydrogens is 234 g/mol. The summed E-state index contributed by atoms with van der Waals surface area (Å²) in [5.41, 5.74) is 0.379. The minimum Gasteiger partial charge on any atom is -0.463 e. The first-order valence-corrected chi connectivity index (χ1v) is 5.63. The lowest BCUT2D eigenvalue weighted by molar-refractivity contribution is -0.137. The van der Waals surface area contributed by atoms with E-state index in [0.29, 0.717) is 18.8 Å². The Balaban J connectivity index is 2.54. The second kappa shape index (κ2) is 6.58. The lowest BCUT2D eigenvalue weighted by atomic mass is 10.4. The minimum atomic E-state index is -0.380. The van der Waals surface area contributed by atoms with Gasteiger partial charge in [-0.1, -0.05) is 6.08 Å². The average molecular weight is 251 g/mol. The third-order valence-electron chi connectivity index (χ3n) is 2.10. The van der Waals surface area contributed by atoms with E-state index >= 15 is 0 Å². The van der Waals surface area contributed by atoms with Crippen molar-refractivity contribution in [1.29, 1.82) is 0 Å². The lowest BCUT2D eigenvalue weighted by Crippen LogP contribution is -2.22. The SMILES string of the molecule is CCOC(=O)/C=C/Cn1ccc(C(=O)N(C)C)n1. The standard InChI is InChI=1S/C12H17N3O3/c1-4-18-11(16)6-5-8-15-9-7-10(13-15)12(17)14(2)3/h5-7,9H,4,8H2,1-3H3/b6-5+. The number of rotatable bonds is 5. The van der Waals surface area contributed by atoms with Crippen LogP contribution in [0.5, 0.6) is 0 Å². The summed E-state index contributed by atoms with van der Waals surface area (Å²) in [6, 6.07) is 1.64. The van der Waals surface area contributed by atoms with Crippen LogP contribution in [-0.4, -0.2) is 47.3 Å². The van der Waals surface area contributed by atoms with Gasteiger partial charge in [-0.2, -0.15) is 5.10 Å². The summed E-state index contributed by atoms with van der Waals surface area (Å²) >= 11 is 0. The van der Waals surface area contributed by atoms with Gasteiger partial charge < -0.3 is 9.64 Å². The molecule has 0 radical (unpaired) electrons. The predicted molar refractivity (Wildman–Crippen MR) is 66.0 cm³/mol. The van der Waals surface area contributed by atoms with Crippen LogP contribution in [0.3, 0.4) is 0 Å². The molecule has 1 aromatic heterocycles. The zero-order valence-electron chi connectivity index (χ0n) is 10.8. The molecule has 1 aromatic rings. The van der Waals surface area contributed by atoms with Crippen LogP contribution in [0.25, 0.3) is 0 Å². The monoisotopic (exact) mass is 251 g/mol. The molecule has 18 heavy (non-hydrogen) atoms. The Labute approximate surface area is 106 Å². The molecule has 1 heterocycles. The maximum atomic E-state index is 11.6. The van der Waals surface area contributed by atoms with Crippen LogP contribution in [0.1, 0.15) is 17.4 Å². The highest BCUT2D eigenvalue weighted by molar-refractivity contribution is 5.91. The molecule has 0 unspecified atom stereocenters. The van der Waals surface area contributed by atoms with E-state index in [1.54, 1.807) is 44.0 Å². The first kappa shape index (κ1) is 14.0. The molecule has 0 aliphatic rings. The van der Waals surface area contributed by atoms with E-state index in [9.17, 15) is 9.59 Å². The van der Waals surface area contributed by atoms with Crippen molar-refractivity contribution in [3.8, 4) is 0 Å². The van der Waals surface area contributed by atoms with Gasteiger partial charge in [0.1, 0.15) is 5.69 Å². The van der Waals surface area contributed by atoms with Gasteiger partial charge in [0.15, 0.2) is 0 Å². The van der Waals surface area contributed by atoms with Crippen molar-refractivity contribution in [3.63, 3.8) is 0 Å². The van der Waals surface area contributed by atoms with Crippen molar-refractivity contribution in [1.82, 2.24) is 14.7 Å². The maximum Gasteiger partial charge on any atom is 0.330 e. The Morgan fingerprint density at radius 3 is 2.83 bits per heavy atom. The molecule has 0 atom stereocenters. The van der Waals surface area contributed by atoms with Crippen molar-refractivity contribution >= 4 is 11.9 Å². The highest BCUT2D eigenvalue weighted by Gasteiger charge is 2.10. The molecule has 1 amide bonds. The molecule has 6 heteroatoms. The van der Waals surface area contributed by atoms with Crippen LogP contribution in [-0.2, 0) is 16.1 Å². The van der Waals surface area contributed by atoms with Crippen LogP contribution in [0.2, 0.25) is 0 Å². The number of hydrogen-bond donors (Lipinski definition) is 0. The first-order chi connectivity index (χ1) is 8.54. The fourth-order valence-electron chi connectivity index (χ4n) is 1.25. The van der Waals surface area contributed by atoms with Gasteiger partial charge in [-0.15, -0.1) is 0 Å². The van der Waals surface area contributed by atoms with Crippen molar-refractivity contribution in [2.24, 2.45) is 0 Å². The largest absolute Gasteiger partial charge is 0.463 e. The molecule has 0 aliphatic carbocycles. The highest BCUT2D eigenvalue weighted by atomic mass is 16.5. The van der Waals surface area contributed by atoms with Gasteiger partial charge in [0.25, 0.3) is 5.91 Å². The number of esters is 1. The summed E-state index contributed by atoms with van der Waals surface area (Å²) in [5.74, 6) is -0.530. The summed E-state index contributed by atoms with van der Waals surface area (Å²) in [7, 11) is 3.34. The molecule has 0 saturated heterocycles. The van der Waals surface area contributed by atoms with Crippen molar-refractivity contribution in [2.75, 3.05) is 20.7 Å². The van der Waals surface area contributed by atoms with Gasteiger partial charge in [0.05, 0.1) is 13.2 Å². The fraction of sp³-hybridized carbons (Fsp3) is 0.417. The average Bonchev–Trinajstić information content (AvgIpc) is 2.77. The molecule has 0 bridgehead atoms. The molecule has 0 fully saturated rings. The van der Waals surface area contributed by atoms with Crippen molar-refractivity contribution in [3.05, 3.63) is 30.1 Å². The molecule has 0 aromatic carbocycles. The van der Waals surface area contributed by atoms with E-state index in [2.05, 4.69) is 5.10 Å². The Hall–Kier alpha value is -2.11. The summed E-state index contributed by atoms with van der Waals surface area (Å²) in [4.78, 5) is 24.1. The number of carbonyl (C=O) groups excluding carboxylic acids is 2. The van der Waals surface area contributed by atoms with Crippen molar-refractivity contribution < 1.29 is 14.3 Å². The van der Waals surface area contributed by atoms with Crippen LogP contribution in [0.4, 0.5) is 0 Å². The predicted octanol–water partition coefficient (Wildman–Crippen LogP) is 0.704. The Bertz CT molecular complexity index is 449.